The third-order valence-corrected chi connectivity index (χ3v) is 3.81. The Morgan fingerprint density at radius 1 is 1.25 bits per heavy atom. The summed E-state index contributed by atoms with van der Waals surface area (Å²) in [4.78, 5) is 0.647. The fourth-order valence-corrected chi connectivity index (χ4v) is 2.83. The molecule has 1 fully saturated rings. The van der Waals surface area contributed by atoms with Crippen molar-refractivity contribution in [2.75, 3.05) is 5.73 Å². The summed E-state index contributed by atoms with van der Waals surface area (Å²) in [5.41, 5.74) is 7.59. The van der Waals surface area contributed by atoms with Crippen molar-refractivity contribution in [1.82, 2.24) is 0 Å². The molecule has 16 heavy (non-hydrogen) atoms. The Bertz CT molecular complexity index is 416. The van der Waals surface area contributed by atoms with Crippen LogP contribution < -0.4 is 5.73 Å². The number of hydrogen-bond acceptors (Lipinski definition) is 1. The van der Waals surface area contributed by atoms with E-state index in [0.29, 0.717) is 10.7 Å². The van der Waals surface area contributed by atoms with Crippen LogP contribution in [0.1, 0.15) is 31.2 Å². The van der Waals surface area contributed by atoms with Gasteiger partial charge < -0.3 is 5.73 Å². The van der Waals surface area contributed by atoms with Crippen molar-refractivity contribution in [2.45, 2.75) is 30.5 Å². The van der Waals surface area contributed by atoms with Gasteiger partial charge in [0.25, 0.3) is 0 Å². The van der Waals surface area contributed by atoms with Gasteiger partial charge in [0.2, 0.25) is 0 Å². The molecule has 2 heteroatoms. The van der Waals surface area contributed by atoms with Gasteiger partial charge in [-0.1, -0.05) is 46.3 Å². The summed E-state index contributed by atoms with van der Waals surface area (Å²) in [5, 5.41) is 0. The highest BCUT2D eigenvalue weighted by molar-refractivity contribution is 9.09. The van der Waals surface area contributed by atoms with Crippen molar-refractivity contribution in [3.63, 3.8) is 0 Å². The molecule has 0 amide bonds. The molecule has 0 aromatic heterocycles. The van der Waals surface area contributed by atoms with Gasteiger partial charge >= 0.3 is 0 Å². The highest BCUT2D eigenvalue weighted by Crippen LogP contribution is 2.28. The van der Waals surface area contributed by atoms with Gasteiger partial charge in [-0.3, -0.25) is 0 Å². The molecule has 1 aromatic carbocycles. The lowest BCUT2D eigenvalue weighted by molar-refractivity contribution is 0.445. The molecule has 0 saturated heterocycles. The first-order chi connectivity index (χ1) is 7.75. The van der Waals surface area contributed by atoms with Crippen LogP contribution in [0.5, 0.6) is 0 Å². The van der Waals surface area contributed by atoms with E-state index in [4.69, 9.17) is 5.73 Å². The molecule has 2 rings (SSSR count). The van der Waals surface area contributed by atoms with Crippen LogP contribution in [0.3, 0.4) is 0 Å². The first-order valence-corrected chi connectivity index (χ1v) is 6.67. The molecule has 1 aromatic rings. The van der Waals surface area contributed by atoms with Crippen molar-refractivity contribution in [2.24, 2.45) is 5.92 Å². The largest absolute Gasteiger partial charge is 0.398 e. The maximum Gasteiger partial charge on any atom is 0.0474 e. The Balaban J connectivity index is 2.07. The lowest BCUT2D eigenvalue weighted by Crippen LogP contribution is -2.13. The van der Waals surface area contributed by atoms with Crippen LogP contribution in [-0.2, 0) is 0 Å². The molecule has 0 spiro atoms. The Labute approximate surface area is 106 Å². The highest BCUT2D eigenvalue weighted by Gasteiger charge is 2.17. The topological polar surface area (TPSA) is 26.0 Å². The Morgan fingerprint density at radius 3 is 2.81 bits per heavy atom. The molecule has 0 radical (unpaired) electrons. The minimum absolute atomic E-state index is 0.526. The van der Waals surface area contributed by atoms with Gasteiger partial charge in [0.15, 0.2) is 0 Å². The third-order valence-electron chi connectivity index (χ3n) is 2.98. The van der Waals surface area contributed by atoms with E-state index in [0.717, 1.165) is 11.3 Å². The number of benzene rings is 1. The first-order valence-electron chi connectivity index (χ1n) is 5.76. The van der Waals surface area contributed by atoms with Gasteiger partial charge in [-0.2, -0.15) is 0 Å². The minimum atomic E-state index is 0.526. The van der Waals surface area contributed by atoms with Crippen LogP contribution in [-0.4, -0.2) is 4.83 Å². The van der Waals surface area contributed by atoms with E-state index in [1.54, 1.807) is 0 Å². The van der Waals surface area contributed by atoms with Crippen LogP contribution in [0, 0.1) is 17.8 Å². The van der Waals surface area contributed by atoms with Crippen molar-refractivity contribution in [3.05, 3.63) is 29.8 Å². The number of halogens is 1. The van der Waals surface area contributed by atoms with Crippen LogP contribution in [0.4, 0.5) is 5.69 Å². The van der Waals surface area contributed by atoms with E-state index in [1.165, 1.54) is 25.7 Å². The molecular formula is C14H16BrN. The van der Waals surface area contributed by atoms with E-state index in [1.807, 2.05) is 24.3 Å². The fraction of sp³-hybridized carbons (Fsp3) is 0.429. The zero-order chi connectivity index (χ0) is 11.4. The van der Waals surface area contributed by atoms with Crippen molar-refractivity contribution in [3.8, 4) is 11.8 Å². The molecule has 1 aliphatic carbocycles. The molecule has 2 atom stereocenters. The molecule has 2 unspecified atom stereocenters. The van der Waals surface area contributed by atoms with Crippen LogP contribution in [0.2, 0.25) is 0 Å². The second kappa shape index (κ2) is 5.41. The molecule has 1 aliphatic rings. The second-order valence-electron chi connectivity index (χ2n) is 4.32. The summed E-state index contributed by atoms with van der Waals surface area (Å²) in [6, 6.07) is 7.80. The van der Waals surface area contributed by atoms with Gasteiger partial charge in [0, 0.05) is 22.0 Å². The molecule has 0 aliphatic heterocycles. The lowest BCUT2D eigenvalue weighted by atomic mass is 9.89. The molecule has 84 valence electrons. The van der Waals surface area contributed by atoms with Crippen LogP contribution in [0.25, 0.3) is 0 Å². The lowest BCUT2D eigenvalue weighted by Gasteiger charge is -2.21. The standard InChI is InChI=1S/C14H16BrN/c15-13-6-3-4-11(10-13)8-9-12-5-1-2-7-14(12)16/h1-2,5,7,11,13H,3-4,6,10,16H2. The van der Waals surface area contributed by atoms with Crippen LogP contribution in [0.15, 0.2) is 24.3 Å². The number of alkyl halides is 1. The summed E-state index contributed by atoms with van der Waals surface area (Å²) in [5.74, 6) is 7.08. The molecule has 0 heterocycles. The number of nitrogens with two attached hydrogens (primary N) is 1. The Kier molecular flexibility index (Phi) is 3.90. The molecule has 2 N–H and O–H groups in total. The minimum Gasteiger partial charge on any atom is -0.398 e. The van der Waals surface area contributed by atoms with Gasteiger partial charge in [-0.25, -0.2) is 0 Å². The average Bonchev–Trinajstić information content (AvgIpc) is 2.28. The van der Waals surface area contributed by atoms with E-state index in [9.17, 15) is 0 Å². The molecular weight excluding hydrogens is 262 g/mol. The second-order valence-corrected chi connectivity index (χ2v) is 5.61. The Hall–Kier alpha value is -0.940. The van der Waals surface area contributed by atoms with E-state index < -0.39 is 0 Å². The van der Waals surface area contributed by atoms with E-state index in [-0.39, 0.29) is 0 Å². The highest BCUT2D eigenvalue weighted by atomic mass is 79.9. The third kappa shape index (κ3) is 3.02. The summed E-state index contributed by atoms with van der Waals surface area (Å²) in [7, 11) is 0. The first kappa shape index (κ1) is 11.5. The number of anilines is 1. The summed E-state index contributed by atoms with van der Waals surface area (Å²) in [6.45, 7) is 0. The monoisotopic (exact) mass is 277 g/mol. The maximum atomic E-state index is 5.85. The molecule has 1 nitrogen and oxygen atoms in total. The van der Waals surface area contributed by atoms with Gasteiger partial charge in [0.1, 0.15) is 0 Å². The SMILES string of the molecule is Nc1ccccc1C#CC1CCCC(Br)C1. The summed E-state index contributed by atoms with van der Waals surface area (Å²) < 4.78 is 0. The number of para-hydroxylation sites is 1. The normalized spacial score (nSPS) is 24.6. The fourth-order valence-electron chi connectivity index (χ4n) is 2.05. The van der Waals surface area contributed by atoms with Gasteiger partial charge in [0.05, 0.1) is 0 Å². The number of hydrogen-bond donors (Lipinski definition) is 1. The van der Waals surface area contributed by atoms with Gasteiger partial charge in [-0.05, 0) is 31.4 Å². The van der Waals surface area contributed by atoms with Gasteiger partial charge in [-0.15, -0.1) is 0 Å². The quantitative estimate of drug-likeness (QED) is 0.438. The molecule has 1 saturated carbocycles. The zero-order valence-electron chi connectivity index (χ0n) is 9.25. The predicted molar refractivity (Wildman–Crippen MR) is 72.4 cm³/mol. The van der Waals surface area contributed by atoms with Crippen molar-refractivity contribution in [1.29, 1.82) is 0 Å². The zero-order valence-corrected chi connectivity index (χ0v) is 10.8. The molecule has 0 bridgehead atoms. The summed E-state index contributed by atoms with van der Waals surface area (Å²) in [6.07, 6.45) is 4.95. The average molecular weight is 278 g/mol. The van der Waals surface area contributed by atoms with Crippen molar-refractivity contribution < 1.29 is 0 Å². The van der Waals surface area contributed by atoms with E-state index in [2.05, 4.69) is 27.8 Å². The smallest absolute Gasteiger partial charge is 0.0474 e. The van der Waals surface area contributed by atoms with Crippen LogP contribution >= 0.6 is 15.9 Å². The predicted octanol–water partition coefficient (Wildman–Crippen LogP) is 3.57. The number of nitrogen functional groups attached to an aromatic ring is 1. The van der Waals surface area contributed by atoms with E-state index >= 15 is 0 Å². The number of rotatable bonds is 0. The Morgan fingerprint density at radius 2 is 2.06 bits per heavy atom. The van der Waals surface area contributed by atoms with Crippen molar-refractivity contribution >= 4 is 21.6 Å². The maximum absolute atomic E-state index is 5.85. The summed E-state index contributed by atoms with van der Waals surface area (Å²) >= 11 is 3.68.